The Morgan fingerprint density at radius 2 is 1.66 bits per heavy atom. The zero-order valence-electron chi connectivity index (χ0n) is 23.0. The number of rotatable bonds is 11. The average molecular weight is 542 g/mol. The highest BCUT2D eigenvalue weighted by molar-refractivity contribution is 6.74. The van der Waals surface area contributed by atoms with Crippen molar-refractivity contribution in [2.75, 3.05) is 6.61 Å². The molecule has 204 valence electrons. The second-order valence-corrected chi connectivity index (χ2v) is 16.0. The van der Waals surface area contributed by atoms with E-state index in [0.29, 0.717) is 18.9 Å². The molecule has 38 heavy (non-hydrogen) atoms. The summed E-state index contributed by atoms with van der Waals surface area (Å²) in [6.07, 6.45) is 4.84. The van der Waals surface area contributed by atoms with E-state index in [-0.39, 0.29) is 11.1 Å². The van der Waals surface area contributed by atoms with Gasteiger partial charge in [0.1, 0.15) is 0 Å². The summed E-state index contributed by atoms with van der Waals surface area (Å²) < 4.78 is 51.2. The number of hydrogen-bond acceptors (Lipinski definition) is 3. The Hall–Kier alpha value is -2.82. The monoisotopic (exact) mass is 541 g/mol. The molecular formula is C31H38F3NO2Si. The fourth-order valence-electron chi connectivity index (χ4n) is 3.95. The molecule has 0 radical (unpaired) electrons. The van der Waals surface area contributed by atoms with Gasteiger partial charge in [-0.15, -0.1) is 12.3 Å². The van der Waals surface area contributed by atoms with Crippen LogP contribution in [0.3, 0.4) is 0 Å². The number of terminal acetylenes is 1. The quantitative estimate of drug-likeness (QED) is 0.138. The van der Waals surface area contributed by atoms with Crippen molar-refractivity contribution in [1.82, 2.24) is 4.98 Å². The zero-order valence-corrected chi connectivity index (χ0v) is 24.0. The highest BCUT2D eigenvalue weighted by atomic mass is 28.4. The summed E-state index contributed by atoms with van der Waals surface area (Å²) in [5.74, 6) is 3.32. The molecule has 0 saturated heterocycles. The number of halogens is 3. The highest BCUT2D eigenvalue weighted by Crippen LogP contribution is 2.42. The Morgan fingerprint density at radius 3 is 2.29 bits per heavy atom. The SMILES string of the molecule is C#CCC(O[Si](C)(C)C(C)(C)C)c1cc2ccccc2nc1OCCCCCc1ccc(C(F)(F)F)cc1. The number of aryl methyl sites for hydroxylation is 1. The molecule has 1 atom stereocenters. The number of fused-ring (bicyclic) bond motifs is 1. The Labute approximate surface area is 225 Å². The fourth-order valence-corrected chi connectivity index (χ4v) is 5.23. The maximum Gasteiger partial charge on any atom is 0.416 e. The predicted octanol–water partition coefficient (Wildman–Crippen LogP) is 9.13. The predicted molar refractivity (Wildman–Crippen MR) is 151 cm³/mol. The van der Waals surface area contributed by atoms with Gasteiger partial charge in [0.15, 0.2) is 8.32 Å². The molecule has 0 fully saturated rings. The molecule has 0 N–H and O–H groups in total. The number of unbranched alkanes of at least 4 members (excludes halogenated alkanes) is 2. The summed E-state index contributed by atoms with van der Waals surface area (Å²) in [4.78, 5) is 4.82. The van der Waals surface area contributed by atoms with Gasteiger partial charge in [-0.3, -0.25) is 0 Å². The zero-order chi connectivity index (χ0) is 28.0. The van der Waals surface area contributed by atoms with Gasteiger partial charge in [-0.2, -0.15) is 13.2 Å². The summed E-state index contributed by atoms with van der Waals surface area (Å²) in [7, 11) is -2.11. The first-order chi connectivity index (χ1) is 17.8. The van der Waals surface area contributed by atoms with E-state index in [4.69, 9.17) is 20.6 Å². The number of alkyl halides is 3. The fraction of sp³-hybridized carbons (Fsp3) is 0.452. The molecule has 0 saturated carbocycles. The smallest absolute Gasteiger partial charge is 0.416 e. The van der Waals surface area contributed by atoms with Gasteiger partial charge in [0.05, 0.1) is 23.8 Å². The topological polar surface area (TPSA) is 31.4 Å². The van der Waals surface area contributed by atoms with Crippen molar-refractivity contribution < 1.29 is 22.3 Å². The van der Waals surface area contributed by atoms with Crippen molar-refractivity contribution >= 4 is 19.2 Å². The third-order valence-corrected chi connectivity index (χ3v) is 11.7. The van der Waals surface area contributed by atoms with Gasteiger partial charge in [0, 0.05) is 17.4 Å². The summed E-state index contributed by atoms with van der Waals surface area (Å²) in [6, 6.07) is 15.4. The van der Waals surface area contributed by atoms with Gasteiger partial charge in [0.25, 0.3) is 0 Å². The molecule has 0 aliphatic heterocycles. The standard InChI is InChI=1S/C31H38F3NO2Si/c1-7-13-28(37-38(5,6)30(2,3)4)26-22-24-15-10-11-16-27(24)35-29(26)36-21-12-8-9-14-23-17-19-25(20-18-23)31(32,33)34/h1,10-11,15-20,22,28H,8-9,12-14,21H2,2-6H3. The maximum absolute atomic E-state index is 12.8. The van der Waals surface area contributed by atoms with Crippen LogP contribution in [0.5, 0.6) is 5.88 Å². The van der Waals surface area contributed by atoms with E-state index in [2.05, 4.69) is 45.9 Å². The molecule has 0 aliphatic rings. The third-order valence-electron chi connectivity index (χ3n) is 7.24. The van der Waals surface area contributed by atoms with Crippen LogP contribution in [0.25, 0.3) is 10.9 Å². The second kappa shape index (κ2) is 12.4. The minimum absolute atomic E-state index is 0.0260. The molecule has 0 amide bonds. The summed E-state index contributed by atoms with van der Waals surface area (Å²) in [5, 5.41) is 1.03. The van der Waals surface area contributed by atoms with Gasteiger partial charge in [0.2, 0.25) is 5.88 Å². The first kappa shape index (κ1) is 29.7. The van der Waals surface area contributed by atoms with Crippen LogP contribution < -0.4 is 4.74 Å². The third kappa shape index (κ3) is 7.84. The van der Waals surface area contributed by atoms with Gasteiger partial charge < -0.3 is 9.16 Å². The number of benzene rings is 2. The van der Waals surface area contributed by atoms with Crippen LogP contribution in [-0.2, 0) is 17.0 Å². The molecule has 7 heteroatoms. The summed E-state index contributed by atoms with van der Waals surface area (Å²) in [5.41, 5.74) is 2.00. The molecule has 2 aromatic carbocycles. The number of pyridine rings is 1. The molecule has 3 nitrogen and oxygen atoms in total. The van der Waals surface area contributed by atoms with Crippen molar-refractivity contribution in [2.45, 2.75) is 83.3 Å². The van der Waals surface area contributed by atoms with Crippen molar-refractivity contribution in [3.8, 4) is 18.2 Å². The molecule has 1 heterocycles. The van der Waals surface area contributed by atoms with E-state index in [1.54, 1.807) is 12.1 Å². The minimum Gasteiger partial charge on any atom is -0.477 e. The van der Waals surface area contributed by atoms with Gasteiger partial charge in [-0.25, -0.2) is 4.98 Å². The number of ether oxygens (including phenoxy) is 1. The lowest BCUT2D eigenvalue weighted by atomic mass is 10.0. The van der Waals surface area contributed by atoms with E-state index < -0.39 is 20.1 Å². The van der Waals surface area contributed by atoms with E-state index >= 15 is 0 Å². The summed E-state index contributed by atoms with van der Waals surface area (Å²) in [6.45, 7) is 11.5. The normalized spacial score (nSPS) is 13.3. The van der Waals surface area contributed by atoms with E-state index in [0.717, 1.165) is 59.8 Å². The largest absolute Gasteiger partial charge is 0.477 e. The lowest BCUT2D eigenvalue weighted by molar-refractivity contribution is -0.137. The van der Waals surface area contributed by atoms with Crippen LogP contribution in [0.1, 0.15) is 69.2 Å². The van der Waals surface area contributed by atoms with Gasteiger partial charge in [-0.1, -0.05) is 51.1 Å². The Kier molecular flexibility index (Phi) is 9.67. The molecule has 1 unspecified atom stereocenters. The van der Waals surface area contributed by atoms with Crippen LogP contribution >= 0.6 is 0 Å². The number of nitrogens with zero attached hydrogens (tertiary/aromatic N) is 1. The first-order valence-electron chi connectivity index (χ1n) is 13.1. The van der Waals surface area contributed by atoms with Crippen molar-refractivity contribution in [3.05, 3.63) is 71.3 Å². The molecule has 1 aromatic heterocycles. The van der Waals surface area contributed by atoms with Crippen LogP contribution in [-0.4, -0.2) is 19.9 Å². The highest BCUT2D eigenvalue weighted by Gasteiger charge is 2.40. The van der Waals surface area contributed by atoms with Crippen LogP contribution in [0.15, 0.2) is 54.6 Å². The molecule has 3 rings (SSSR count). The van der Waals surface area contributed by atoms with Crippen LogP contribution in [0.2, 0.25) is 18.1 Å². The van der Waals surface area contributed by atoms with Gasteiger partial charge in [-0.05, 0) is 73.6 Å². The Balaban J connectivity index is 1.67. The van der Waals surface area contributed by atoms with Crippen molar-refractivity contribution in [2.24, 2.45) is 0 Å². The van der Waals surface area contributed by atoms with Crippen LogP contribution in [0.4, 0.5) is 13.2 Å². The number of aromatic nitrogens is 1. The lowest BCUT2D eigenvalue weighted by Gasteiger charge is -2.39. The molecule has 0 spiro atoms. The lowest BCUT2D eigenvalue weighted by Crippen LogP contribution is -2.41. The number of para-hydroxylation sites is 1. The van der Waals surface area contributed by atoms with Gasteiger partial charge >= 0.3 is 6.18 Å². The second-order valence-electron chi connectivity index (χ2n) is 11.2. The minimum atomic E-state index is -4.31. The van der Waals surface area contributed by atoms with Crippen molar-refractivity contribution in [3.63, 3.8) is 0 Å². The average Bonchev–Trinajstić information content (AvgIpc) is 2.84. The maximum atomic E-state index is 12.8. The molecule has 3 aromatic rings. The number of hydrogen-bond donors (Lipinski definition) is 0. The van der Waals surface area contributed by atoms with Crippen molar-refractivity contribution in [1.29, 1.82) is 0 Å². The molecule has 0 bridgehead atoms. The summed E-state index contributed by atoms with van der Waals surface area (Å²) >= 11 is 0. The first-order valence-corrected chi connectivity index (χ1v) is 16.0. The van der Waals surface area contributed by atoms with E-state index in [1.165, 1.54) is 0 Å². The Morgan fingerprint density at radius 1 is 0.974 bits per heavy atom. The molecule has 0 aliphatic carbocycles. The molecular weight excluding hydrogens is 503 g/mol. The van der Waals surface area contributed by atoms with E-state index in [1.807, 2.05) is 24.3 Å². The Bertz CT molecular complexity index is 1240. The van der Waals surface area contributed by atoms with Crippen LogP contribution in [0, 0.1) is 12.3 Å². The van der Waals surface area contributed by atoms with E-state index in [9.17, 15) is 13.2 Å².